The molecule has 0 bridgehead atoms. The summed E-state index contributed by atoms with van der Waals surface area (Å²) in [6, 6.07) is 5.51. The molecule has 22 heavy (non-hydrogen) atoms. The van der Waals surface area contributed by atoms with Gasteiger partial charge in [-0.05, 0) is 28.1 Å². The summed E-state index contributed by atoms with van der Waals surface area (Å²) in [4.78, 5) is 20.3. The highest BCUT2D eigenvalue weighted by Crippen LogP contribution is 2.25. The second-order valence-electron chi connectivity index (χ2n) is 4.57. The molecule has 0 saturated carbocycles. The van der Waals surface area contributed by atoms with Gasteiger partial charge in [-0.2, -0.15) is 0 Å². The fraction of sp³-hybridized carbons (Fsp3) is 0.214. The van der Waals surface area contributed by atoms with E-state index in [9.17, 15) is 4.79 Å². The Morgan fingerprint density at radius 1 is 1.32 bits per heavy atom. The molecule has 2 heterocycles. The Labute approximate surface area is 134 Å². The highest BCUT2D eigenvalue weighted by molar-refractivity contribution is 9.10. The van der Waals surface area contributed by atoms with Crippen LogP contribution in [0.2, 0.25) is 0 Å². The minimum Gasteiger partial charge on any atom is -0.497 e. The number of hydrogen-bond acceptors (Lipinski definition) is 5. The van der Waals surface area contributed by atoms with Crippen molar-refractivity contribution in [2.45, 2.75) is 6.54 Å². The van der Waals surface area contributed by atoms with Gasteiger partial charge in [0.15, 0.2) is 11.2 Å². The van der Waals surface area contributed by atoms with Crippen LogP contribution in [0.5, 0.6) is 11.5 Å². The second kappa shape index (κ2) is 5.80. The standard InChI is InChI=1S/C14H13BrN4O3/c1-21-9-4-3-8(10(5-9)22-2)7-19-13-12(14(20)18-19)17-11(15)6-16-13/h3-6H,7H2,1-2H3,(H,18,20). The first-order valence-electron chi connectivity index (χ1n) is 6.44. The predicted octanol–water partition coefficient (Wildman–Crippen LogP) is 1.95. The highest BCUT2D eigenvalue weighted by atomic mass is 79.9. The van der Waals surface area contributed by atoms with Crippen molar-refractivity contribution in [1.29, 1.82) is 0 Å². The molecule has 1 aromatic carbocycles. The monoisotopic (exact) mass is 364 g/mol. The van der Waals surface area contributed by atoms with E-state index in [1.54, 1.807) is 31.2 Å². The summed E-state index contributed by atoms with van der Waals surface area (Å²) in [7, 11) is 3.19. The summed E-state index contributed by atoms with van der Waals surface area (Å²) < 4.78 is 12.7. The van der Waals surface area contributed by atoms with E-state index in [1.165, 1.54) is 0 Å². The molecule has 3 aromatic rings. The van der Waals surface area contributed by atoms with E-state index < -0.39 is 0 Å². The molecule has 0 aliphatic heterocycles. The molecule has 0 radical (unpaired) electrons. The van der Waals surface area contributed by atoms with E-state index in [1.807, 2.05) is 12.1 Å². The number of halogens is 1. The molecule has 2 aromatic heterocycles. The number of H-pyrrole nitrogens is 1. The van der Waals surface area contributed by atoms with E-state index in [0.29, 0.717) is 33.8 Å². The van der Waals surface area contributed by atoms with E-state index in [-0.39, 0.29) is 5.56 Å². The molecule has 0 fully saturated rings. The van der Waals surface area contributed by atoms with Crippen molar-refractivity contribution >= 4 is 27.1 Å². The molecule has 0 aliphatic carbocycles. The van der Waals surface area contributed by atoms with Crippen LogP contribution < -0.4 is 15.0 Å². The average Bonchev–Trinajstić information content (AvgIpc) is 2.83. The molecule has 0 amide bonds. The SMILES string of the molecule is COc1ccc(Cn2[nH]c(=O)c3nc(Br)cnc32)c(OC)c1. The summed E-state index contributed by atoms with van der Waals surface area (Å²) in [5.41, 5.74) is 1.39. The van der Waals surface area contributed by atoms with Crippen LogP contribution in [0.25, 0.3) is 11.2 Å². The van der Waals surface area contributed by atoms with E-state index >= 15 is 0 Å². The van der Waals surface area contributed by atoms with E-state index in [0.717, 1.165) is 5.56 Å². The first kappa shape index (κ1) is 14.6. The van der Waals surface area contributed by atoms with Crippen LogP contribution in [0.15, 0.2) is 33.8 Å². The van der Waals surface area contributed by atoms with Crippen LogP contribution in [0, 0.1) is 0 Å². The summed E-state index contributed by atoms with van der Waals surface area (Å²) >= 11 is 3.21. The predicted molar refractivity (Wildman–Crippen MR) is 84.5 cm³/mol. The Morgan fingerprint density at radius 3 is 2.86 bits per heavy atom. The van der Waals surface area contributed by atoms with E-state index in [2.05, 4.69) is 31.0 Å². The van der Waals surface area contributed by atoms with Gasteiger partial charge in [0.25, 0.3) is 5.56 Å². The van der Waals surface area contributed by atoms with Gasteiger partial charge in [-0.25, -0.2) is 9.97 Å². The van der Waals surface area contributed by atoms with Gasteiger partial charge in [-0.15, -0.1) is 0 Å². The largest absolute Gasteiger partial charge is 0.497 e. The van der Waals surface area contributed by atoms with Gasteiger partial charge >= 0.3 is 0 Å². The molecule has 0 unspecified atom stereocenters. The van der Waals surface area contributed by atoms with Crippen molar-refractivity contribution in [3.05, 3.63) is 44.9 Å². The smallest absolute Gasteiger partial charge is 0.292 e. The number of fused-ring (bicyclic) bond motifs is 1. The summed E-state index contributed by atoms with van der Waals surface area (Å²) in [5, 5.41) is 2.74. The fourth-order valence-corrected chi connectivity index (χ4v) is 2.49. The zero-order chi connectivity index (χ0) is 15.7. The second-order valence-corrected chi connectivity index (χ2v) is 5.38. The number of nitrogens with one attached hydrogen (secondary N) is 1. The molecule has 0 spiro atoms. The summed E-state index contributed by atoms with van der Waals surface area (Å²) in [6.07, 6.45) is 1.55. The Morgan fingerprint density at radius 2 is 2.14 bits per heavy atom. The van der Waals surface area contributed by atoms with Crippen LogP contribution in [0.3, 0.4) is 0 Å². The van der Waals surface area contributed by atoms with Crippen molar-refractivity contribution in [2.75, 3.05) is 14.2 Å². The molecule has 8 heteroatoms. The third-order valence-electron chi connectivity index (χ3n) is 3.25. The molecule has 0 aliphatic rings. The zero-order valence-electron chi connectivity index (χ0n) is 12.0. The van der Waals surface area contributed by atoms with Crippen molar-refractivity contribution in [3.8, 4) is 11.5 Å². The molecule has 0 atom stereocenters. The Kier molecular flexibility index (Phi) is 3.84. The molecule has 0 saturated heterocycles. The third-order valence-corrected chi connectivity index (χ3v) is 3.64. The number of aromatic amines is 1. The van der Waals surface area contributed by atoms with Crippen molar-refractivity contribution < 1.29 is 9.47 Å². The first-order valence-corrected chi connectivity index (χ1v) is 7.23. The molecular weight excluding hydrogens is 352 g/mol. The number of nitrogens with zero attached hydrogens (tertiary/aromatic N) is 3. The van der Waals surface area contributed by atoms with Gasteiger partial charge in [0.1, 0.15) is 16.1 Å². The lowest BCUT2D eigenvalue weighted by Gasteiger charge is -2.11. The lowest BCUT2D eigenvalue weighted by atomic mass is 10.2. The molecule has 3 rings (SSSR count). The number of hydrogen-bond donors (Lipinski definition) is 1. The van der Waals surface area contributed by atoms with Crippen molar-refractivity contribution in [3.63, 3.8) is 0 Å². The maximum absolute atomic E-state index is 11.9. The van der Waals surface area contributed by atoms with Gasteiger partial charge in [0, 0.05) is 11.6 Å². The summed E-state index contributed by atoms with van der Waals surface area (Å²) in [5.74, 6) is 1.38. The number of rotatable bonds is 4. The van der Waals surface area contributed by atoms with Gasteiger partial charge in [0.2, 0.25) is 0 Å². The summed E-state index contributed by atoms with van der Waals surface area (Å²) in [6.45, 7) is 0.405. The Balaban J connectivity index is 2.05. The number of ether oxygens (including phenoxy) is 2. The quantitative estimate of drug-likeness (QED) is 0.764. The number of methoxy groups -OCH3 is 2. The normalized spacial score (nSPS) is 10.9. The highest BCUT2D eigenvalue weighted by Gasteiger charge is 2.12. The fourth-order valence-electron chi connectivity index (χ4n) is 2.21. The maximum Gasteiger partial charge on any atom is 0.292 e. The Hall–Kier alpha value is -2.35. The van der Waals surface area contributed by atoms with Crippen LogP contribution in [-0.2, 0) is 6.54 Å². The van der Waals surface area contributed by atoms with Crippen LogP contribution in [-0.4, -0.2) is 34.0 Å². The van der Waals surface area contributed by atoms with E-state index in [4.69, 9.17) is 9.47 Å². The van der Waals surface area contributed by atoms with Gasteiger partial charge in [-0.1, -0.05) is 0 Å². The molecule has 114 valence electrons. The third kappa shape index (κ3) is 2.57. The maximum atomic E-state index is 11.9. The lowest BCUT2D eigenvalue weighted by Crippen LogP contribution is -2.08. The van der Waals surface area contributed by atoms with Crippen LogP contribution in [0.1, 0.15) is 5.56 Å². The zero-order valence-corrected chi connectivity index (χ0v) is 13.5. The first-order chi connectivity index (χ1) is 10.6. The van der Waals surface area contributed by atoms with Crippen molar-refractivity contribution in [2.24, 2.45) is 0 Å². The molecule has 1 N–H and O–H groups in total. The molecule has 7 nitrogen and oxygen atoms in total. The number of aromatic nitrogens is 4. The van der Waals surface area contributed by atoms with Gasteiger partial charge in [0.05, 0.1) is 27.0 Å². The lowest BCUT2D eigenvalue weighted by molar-refractivity contribution is 0.389. The van der Waals surface area contributed by atoms with Crippen LogP contribution in [0.4, 0.5) is 0 Å². The van der Waals surface area contributed by atoms with Crippen molar-refractivity contribution in [1.82, 2.24) is 19.7 Å². The average molecular weight is 365 g/mol. The topological polar surface area (TPSA) is 82.0 Å². The van der Waals surface area contributed by atoms with Crippen LogP contribution >= 0.6 is 15.9 Å². The number of benzene rings is 1. The van der Waals surface area contributed by atoms with Gasteiger partial charge < -0.3 is 9.47 Å². The van der Waals surface area contributed by atoms with Gasteiger partial charge in [-0.3, -0.25) is 14.6 Å². The molecular formula is C14H13BrN4O3. The Bertz CT molecular complexity index is 887. The minimum absolute atomic E-state index is 0.281. The minimum atomic E-state index is -0.281.